The van der Waals surface area contributed by atoms with Crippen LogP contribution in [0.25, 0.3) is 0 Å². The van der Waals surface area contributed by atoms with Crippen LogP contribution in [-0.2, 0) is 4.79 Å². The van der Waals surface area contributed by atoms with Crippen LogP contribution in [0.5, 0.6) is 0 Å². The van der Waals surface area contributed by atoms with Crippen LogP contribution in [0.3, 0.4) is 0 Å². The summed E-state index contributed by atoms with van der Waals surface area (Å²) in [5, 5.41) is 13.5. The van der Waals surface area contributed by atoms with Crippen LogP contribution in [-0.4, -0.2) is 22.1 Å². The number of rotatable bonds is 2. The minimum atomic E-state index is -0.987. The van der Waals surface area contributed by atoms with Crippen LogP contribution in [0, 0.1) is 0 Å². The fourth-order valence-electron chi connectivity index (χ4n) is 0.495. The van der Waals surface area contributed by atoms with E-state index >= 15 is 0 Å². The molecule has 1 atom stereocenters. The normalized spacial score (nSPS) is 12.5. The third kappa shape index (κ3) is 2.28. The van der Waals surface area contributed by atoms with Crippen molar-refractivity contribution in [3.05, 3.63) is 11.6 Å². The molecule has 0 spiro atoms. The van der Waals surface area contributed by atoms with Crippen molar-refractivity contribution in [1.82, 2.24) is 4.98 Å². The second-order valence-electron chi connectivity index (χ2n) is 2.00. The molecule has 0 bridgehead atoms. The molecule has 1 rings (SSSR count). The van der Waals surface area contributed by atoms with Crippen LogP contribution in [0.15, 0.2) is 11.6 Å². The highest BCUT2D eigenvalue weighted by Gasteiger charge is 2.08. The summed E-state index contributed by atoms with van der Waals surface area (Å²) >= 11 is 1.31. The van der Waals surface area contributed by atoms with Crippen molar-refractivity contribution in [2.45, 2.75) is 13.0 Å². The van der Waals surface area contributed by atoms with E-state index in [1.54, 1.807) is 11.6 Å². The number of thiazole rings is 1. The van der Waals surface area contributed by atoms with Crippen LogP contribution in [0.4, 0.5) is 5.13 Å². The molecule has 0 saturated heterocycles. The standard InChI is InChI=1S/C6H8N2O2S/c1-4(9)5(10)8-6-7-2-3-11-6/h2-4,9H,1H3,(H,7,8,10)/t4-/m0/s1. The number of nitrogens with one attached hydrogen (secondary N) is 1. The molecule has 0 radical (unpaired) electrons. The van der Waals surface area contributed by atoms with Gasteiger partial charge >= 0.3 is 0 Å². The van der Waals surface area contributed by atoms with Crippen molar-refractivity contribution < 1.29 is 9.90 Å². The Morgan fingerprint density at radius 2 is 2.64 bits per heavy atom. The number of hydrogen-bond acceptors (Lipinski definition) is 4. The smallest absolute Gasteiger partial charge is 0.254 e. The van der Waals surface area contributed by atoms with Gasteiger partial charge in [-0.3, -0.25) is 10.1 Å². The molecule has 5 heteroatoms. The highest BCUT2D eigenvalue weighted by Crippen LogP contribution is 2.09. The first kappa shape index (κ1) is 8.16. The summed E-state index contributed by atoms with van der Waals surface area (Å²) in [6, 6.07) is 0. The summed E-state index contributed by atoms with van der Waals surface area (Å²) in [5.74, 6) is -0.431. The van der Waals surface area contributed by atoms with Gasteiger partial charge in [-0.1, -0.05) is 0 Å². The summed E-state index contributed by atoms with van der Waals surface area (Å²) in [4.78, 5) is 14.6. The Hall–Kier alpha value is -0.940. The number of aliphatic hydroxyl groups is 1. The van der Waals surface area contributed by atoms with E-state index in [9.17, 15) is 4.79 Å². The van der Waals surface area contributed by atoms with Gasteiger partial charge in [-0.2, -0.15) is 0 Å². The average molecular weight is 172 g/mol. The highest BCUT2D eigenvalue weighted by molar-refractivity contribution is 7.13. The fourth-order valence-corrected chi connectivity index (χ4v) is 1.03. The minimum absolute atomic E-state index is 0.431. The Bertz CT molecular complexity index is 233. The molecule has 0 unspecified atom stereocenters. The maximum atomic E-state index is 10.8. The summed E-state index contributed by atoms with van der Waals surface area (Å²) in [7, 11) is 0. The second-order valence-corrected chi connectivity index (χ2v) is 2.90. The number of anilines is 1. The quantitative estimate of drug-likeness (QED) is 0.681. The zero-order valence-corrected chi connectivity index (χ0v) is 6.76. The van der Waals surface area contributed by atoms with Gasteiger partial charge in [-0.05, 0) is 6.92 Å². The summed E-state index contributed by atoms with van der Waals surface area (Å²) in [6.45, 7) is 1.41. The summed E-state index contributed by atoms with van der Waals surface area (Å²) in [5.41, 5.74) is 0. The molecule has 0 saturated carbocycles. The van der Waals surface area contributed by atoms with Gasteiger partial charge in [0.1, 0.15) is 6.10 Å². The van der Waals surface area contributed by atoms with Crippen molar-refractivity contribution in [1.29, 1.82) is 0 Å². The van der Waals surface area contributed by atoms with E-state index in [2.05, 4.69) is 10.3 Å². The number of aliphatic hydroxyl groups excluding tert-OH is 1. The Labute approximate surface area is 67.9 Å². The van der Waals surface area contributed by atoms with Gasteiger partial charge < -0.3 is 5.11 Å². The van der Waals surface area contributed by atoms with Crippen molar-refractivity contribution in [2.24, 2.45) is 0 Å². The highest BCUT2D eigenvalue weighted by atomic mass is 32.1. The van der Waals surface area contributed by atoms with Gasteiger partial charge in [-0.15, -0.1) is 11.3 Å². The number of amides is 1. The molecule has 1 aromatic heterocycles. The lowest BCUT2D eigenvalue weighted by Gasteiger charge is -2.01. The molecular weight excluding hydrogens is 164 g/mol. The number of carbonyl (C=O) groups is 1. The van der Waals surface area contributed by atoms with Crippen LogP contribution < -0.4 is 5.32 Å². The maximum absolute atomic E-state index is 10.8. The number of carbonyl (C=O) groups excluding carboxylic acids is 1. The fraction of sp³-hybridized carbons (Fsp3) is 0.333. The molecule has 4 nitrogen and oxygen atoms in total. The molecule has 0 aliphatic heterocycles. The van der Waals surface area contributed by atoms with Gasteiger partial charge in [0, 0.05) is 11.6 Å². The molecule has 60 valence electrons. The van der Waals surface area contributed by atoms with E-state index in [0.717, 1.165) is 0 Å². The summed E-state index contributed by atoms with van der Waals surface area (Å²) in [6.07, 6.45) is 0.599. The van der Waals surface area contributed by atoms with Gasteiger partial charge in [0.25, 0.3) is 5.91 Å². The Morgan fingerprint density at radius 3 is 3.09 bits per heavy atom. The van der Waals surface area contributed by atoms with E-state index in [1.165, 1.54) is 18.3 Å². The van der Waals surface area contributed by atoms with Gasteiger partial charge in [-0.25, -0.2) is 4.98 Å². The molecular formula is C6H8N2O2S. The van der Waals surface area contributed by atoms with Crippen LogP contribution in [0.2, 0.25) is 0 Å². The van der Waals surface area contributed by atoms with Crippen molar-refractivity contribution in [3.8, 4) is 0 Å². The van der Waals surface area contributed by atoms with Gasteiger partial charge in [0.15, 0.2) is 5.13 Å². The second kappa shape index (κ2) is 3.45. The lowest BCUT2D eigenvalue weighted by atomic mass is 10.4. The molecule has 1 aromatic rings. The van der Waals surface area contributed by atoms with E-state index in [4.69, 9.17) is 5.11 Å². The average Bonchev–Trinajstić information content (AvgIpc) is 2.39. The molecule has 1 amide bonds. The largest absolute Gasteiger partial charge is 0.384 e. The topological polar surface area (TPSA) is 62.2 Å². The lowest BCUT2D eigenvalue weighted by Crippen LogP contribution is -2.24. The van der Waals surface area contributed by atoms with E-state index in [1.807, 2.05) is 0 Å². The first-order chi connectivity index (χ1) is 5.20. The van der Waals surface area contributed by atoms with E-state index < -0.39 is 12.0 Å². The van der Waals surface area contributed by atoms with E-state index in [0.29, 0.717) is 5.13 Å². The van der Waals surface area contributed by atoms with Crippen LogP contribution in [0.1, 0.15) is 6.92 Å². The first-order valence-corrected chi connectivity index (χ1v) is 3.96. The Balaban J connectivity index is 2.50. The lowest BCUT2D eigenvalue weighted by molar-refractivity contribution is -0.123. The molecule has 0 aliphatic rings. The molecule has 11 heavy (non-hydrogen) atoms. The zero-order valence-electron chi connectivity index (χ0n) is 5.94. The third-order valence-corrected chi connectivity index (χ3v) is 1.73. The van der Waals surface area contributed by atoms with Crippen molar-refractivity contribution in [2.75, 3.05) is 5.32 Å². The third-order valence-electron chi connectivity index (χ3n) is 1.04. The van der Waals surface area contributed by atoms with Gasteiger partial charge in [0.05, 0.1) is 0 Å². The number of nitrogens with zero attached hydrogens (tertiary/aromatic N) is 1. The van der Waals surface area contributed by atoms with Crippen LogP contribution >= 0.6 is 11.3 Å². The molecule has 0 aliphatic carbocycles. The molecule has 0 fully saturated rings. The number of hydrogen-bond donors (Lipinski definition) is 2. The van der Waals surface area contributed by atoms with Crippen molar-refractivity contribution >= 4 is 22.4 Å². The molecule has 0 aromatic carbocycles. The van der Waals surface area contributed by atoms with Gasteiger partial charge in [0.2, 0.25) is 0 Å². The zero-order chi connectivity index (χ0) is 8.27. The first-order valence-electron chi connectivity index (χ1n) is 3.08. The Morgan fingerprint density at radius 1 is 1.91 bits per heavy atom. The Kier molecular flexibility index (Phi) is 2.56. The molecule has 2 N–H and O–H groups in total. The van der Waals surface area contributed by atoms with E-state index in [-0.39, 0.29) is 0 Å². The summed E-state index contributed by atoms with van der Waals surface area (Å²) < 4.78 is 0. The monoisotopic (exact) mass is 172 g/mol. The minimum Gasteiger partial charge on any atom is -0.384 e. The predicted molar refractivity (Wildman–Crippen MR) is 42.4 cm³/mol. The maximum Gasteiger partial charge on any atom is 0.254 e. The van der Waals surface area contributed by atoms with Crippen molar-refractivity contribution in [3.63, 3.8) is 0 Å². The molecule has 1 heterocycles. The number of aromatic nitrogens is 1. The SMILES string of the molecule is C[C@H](O)C(=O)Nc1nccs1. The predicted octanol–water partition coefficient (Wildman–Crippen LogP) is 0.462.